The first-order chi connectivity index (χ1) is 21.4. The van der Waals surface area contributed by atoms with Crippen molar-refractivity contribution in [3.05, 3.63) is 71.8 Å². The van der Waals surface area contributed by atoms with E-state index in [0.717, 1.165) is 27.7 Å². The molecule has 3 rings (SSSR count). The third kappa shape index (κ3) is 11.0. The van der Waals surface area contributed by atoms with Gasteiger partial charge in [0.05, 0.1) is 17.7 Å². The van der Waals surface area contributed by atoms with Gasteiger partial charge in [0.25, 0.3) is 0 Å². The van der Waals surface area contributed by atoms with Crippen LogP contribution in [0.2, 0.25) is 0 Å². The predicted octanol–water partition coefficient (Wildman–Crippen LogP) is 2.17. The smallest absolute Gasteiger partial charge is 0.338 e. The largest absolute Gasteiger partial charge is 0.463 e. The zero-order valence-corrected chi connectivity index (χ0v) is 25.1. The Hall–Kier alpha value is -4.82. The molecule has 0 amide bonds. The van der Waals surface area contributed by atoms with E-state index in [2.05, 4.69) is 0 Å². The van der Waals surface area contributed by atoms with E-state index < -0.39 is 92.4 Å². The van der Waals surface area contributed by atoms with Crippen LogP contribution in [0.1, 0.15) is 48.4 Å². The van der Waals surface area contributed by atoms with Crippen LogP contribution in [-0.4, -0.2) is 92.4 Å². The van der Waals surface area contributed by atoms with Crippen LogP contribution < -0.4 is 0 Å². The summed E-state index contributed by atoms with van der Waals surface area (Å²) in [6, 6.07) is 16.1. The number of ether oxygens (including phenoxy) is 8. The van der Waals surface area contributed by atoms with Crippen LogP contribution in [0, 0.1) is 0 Å². The first kappa shape index (κ1) is 34.7. The Morgan fingerprint density at radius 3 is 1.67 bits per heavy atom. The van der Waals surface area contributed by atoms with Gasteiger partial charge in [0.2, 0.25) is 0 Å². The molecule has 0 aliphatic carbocycles. The molecule has 1 saturated heterocycles. The van der Waals surface area contributed by atoms with Crippen LogP contribution in [-0.2, 0) is 57.1 Å². The molecule has 0 aromatic heterocycles. The molecular formula is C31H34O14. The molecule has 0 radical (unpaired) electrons. The van der Waals surface area contributed by atoms with E-state index in [1.54, 1.807) is 48.5 Å². The molecule has 1 unspecified atom stereocenters. The Labute approximate surface area is 258 Å². The van der Waals surface area contributed by atoms with Crippen molar-refractivity contribution < 1.29 is 66.7 Å². The number of benzene rings is 2. The predicted molar refractivity (Wildman–Crippen MR) is 150 cm³/mol. The molecule has 2 aromatic carbocycles. The normalized spacial score (nSPS) is 21.4. The van der Waals surface area contributed by atoms with Gasteiger partial charge in [-0.3, -0.25) is 19.2 Å². The average molecular weight is 631 g/mol. The van der Waals surface area contributed by atoms with Crippen LogP contribution in [0.5, 0.6) is 0 Å². The standard InChI is InChI=1S/C31H34O14/c1-18(32)38-17-25-26(41-19(2)33)27(42-20(3)34)28(43-21(4)35)31(45-25)40-16-24(44-30(37)23-13-9-6-10-14-23)15-39-29(36)22-11-7-5-8-12-22/h5-14,24-28,31H,15-17H2,1-4H3/t24?,25-,26-,27+,28-,31-/m1/s1. The van der Waals surface area contributed by atoms with Gasteiger partial charge >= 0.3 is 35.8 Å². The van der Waals surface area contributed by atoms with E-state index in [0.29, 0.717) is 0 Å². The highest BCUT2D eigenvalue weighted by Crippen LogP contribution is 2.30. The molecule has 1 aliphatic rings. The van der Waals surface area contributed by atoms with Gasteiger partial charge in [-0.2, -0.15) is 0 Å². The second kappa shape index (κ2) is 16.9. The molecule has 1 aliphatic heterocycles. The number of rotatable bonds is 13. The van der Waals surface area contributed by atoms with E-state index >= 15 is 0 Å². The molecule has 0 bridgehead atoms. The lowest BCUT2D eigenvalue weighted by Gasteiger charge is -2.44. The molecule has 242 valence electrons. The van der Waals surface area contributed by atoms with Crippen molar-refractivity contribution in [3.63, 3.8) is 0 Å². The van der Waals surface area contributed by atoms with Crippen molar-refractivity contribution in [1.29, 1.82) is 0 Å². The first-order valence-electron chi connectivity index (χ1n) is 13.8. The topological polar surface area (TPSA) is 176 Å². The molecule has 0 spiro atoms. The average Bonchev–Trinajstić information content (AvgIpc) is 3.00. The molecule has 6 atom stereocenters. The van der Waals surface area contributed by atoms with Crippen LogP contribution in [0.25, 0.3) is 0 Å². The summed E-state index contributed by atoms with van der Waals surface area (Å²) in [6.07, 6.45) is -8.34. The van der Waals surface area contributed by atoms with Gasteiger partial charge in [-0.05, 0) is 24.3 Å². The van der Waals surface area contributed by atoms with Crippen molar-refractivity contribution in [2.45, 2.75) is 64.5 Å². The summed E-state index contributed by atoms with van der Waals surface area (Å²) in [5.41, 5.74) is 0.468. The molecule has 45 heavy (non-hydrogen) atoms. The van der Waals surface area contributed by atoms with Crippen molar-refractivity contribution in [3.8, 4) is 0 Å². The van der Waals surface area contributed by atoms with Crippen LogP contribution in [0.3, 0.4) is 0 Å². The number of carbonyl (C=O) groups is 6. The number of hydrogen-bond acceptors (Lipinski definition) is 14. The maximum atomic E-state index is 12.9. The first-order valence-corrected chi connectivity index (χ1v) is 13.8. The summed E-state index contributed by atoms with van der Waals surface area (Å²) < 4.78 is 43.9. The van der Waals surface area contributed by atoms with E-state index in [9.17, 15) is 28.8 Å². The van der Waals surface area contributed by atoms with Gasteiger partial charge < -0.3 is 37.9 Å². The summed E-state index contributed by atoms with van der Waals surface area (Å²) in [5, 5.41) is 0. The lowest BCUT2D eigenvalue weighted by atomic mass is 9.98. The summed E-state index contributed by atoms with van der Waals surface area (Å²) in [6.45, 7) is 3.03. The number of esters is 6. The molecule has 1 fully saturated rings. The third-order valence-corrected chi connectivity index (χ3v) is 6.09. The fraction of sp³-hybridized carbons (Fsp3) is 0.419. The second-order valence-electron chi connectivity index (χ2n) is 9.76. The minimum atomic E-state index is -1.53. The molecule has 1 heterocycles. The van der Waals surface area contributed by atoms with Gasteiger partial charge in [-0.1, -0.05) is 36.4 Å². The Bertz CT molecular complexity index is 1330. The van der Waals surface area contributed by atoms with Crippen LogP contribution in [0.15, 0.2) is 60.7 Å². The maximum absolute atomic E-state index is 12.9. The number of carbonyl (C=O) groups excluding carboxylic acids is 6. The van der Waals surface area contributed by atoms with Crippen molar-refractivity contribution >= 4 is 35.8 Å². The molecule has 14 nitrogen and oxygen atoms in total. The van der Waals surface area contributed by atoms with Crippen molar-refractivity contribution in [2.24, 2.45) is 0 Å². The SMILES string of the molecule is CC(=O)OC[C@H]1O[C@@H](OCC(COC(=O)c2ccccc2)OC(=O)c2ccccc2)[C@H](OC(C)=O)[C@@H](OC(C)=O)[C@@H]1OC(C)=O. The number of hydrogen-bond donors (Lipinski definition) is 0. The monoisotopic (exact) mass is 630 g/mol. The quantitative estimate of drug-likeness (QED) is 0.232. The summed E-state index contributed by atoms with van der Waals surface area (Å²) in [7, 11) is 0. The summed E-state index contributed by atoms with van der Waals surface area (Å²) in [5.74, 6) is -4.55. The van der Waals surface area contributed by atoms with Crippen LogP contribution >= 0.6 is 0 Å². The fourth-order valence-electron chi connectivity index (χ4n) is 4.26. The lowest BCUT2D eigenvalue weighted by Crippen LogP contribution is -2.63. The molecule has 2 aromatic rings. The van der Waals surface area contributed by atoms with E-state index in [4.69, 9.17) is 37.9 Å². The molecule has 14 heteroatoms. The van der Waals surface area contributed by atoms with Crippen LogP contribution in [0.4, 0.5) is 0 Å². The zero-order valence-electron chi connectivity index (χ0n) is 25.1. The lowest BCUT2D eigenvalue weighted by molar-refractivity contribution is -0.311. The van der Waals surface area contributed by atoms with E-state index in [1.807, 2.05) is 0 Å². The van der Waals surface area contributed by atoms with Crippen molar-refractivity contribution in [2.75, 3.05) is 19.8 Å². The maximum Gasteiger partial charge on any atom is 0.338 e. The molecule has 0 N–H and O–H groups in total. The minimum Gasteiger partial charge on any atom is -0.463 e. The summed E-state index contributed by atoms with van der Waals surface area (Å²) >= 11 is 0. The molecular weight excluding hydrogens is 596 g/mol. The van der Waals surface area contributed by atoms with Gasteiger partial charge in [0, 0.05) is 27.7 Å². The van der Waals surface area contributed by atoms with Gasteiger partial charge in [0.1, 0.15) is 19.3 Å². The second-order valence-corrected chi connectivity index (χ2v) is 9.76. The Balaban J connectivity index is 1.88. The highest BCUT2D eigenvalue weighted by Gasteiger charge is 2.53. The van der Waals surface area contributed by atoms with Crippen molar-refractivity contribution in [1.82, 2.24) is 0 Å². The Morgan fingerprint density at radius 2 is 1.13 bits per heavy atom. The Kier molecular flexibility index (Phi) is 13.0. The van der Waals surface area contributed by atoms with Gasteiger partial charge in [-0.25, -0.2) is 9.59 Å². The third-order valence-electron chi connectivity index (χ3n) is 6.09. The minimum absolute atomic E-state index is 0.212. The highest BCUT2D eigenvalue weighted by atomic mass is 16.7. The van der Waals surface area contributed by atoms with E-state index in [1.165, 1.54) is 12.1 Å². The zero-order chi connectivity index (χ0) is 32.9. The highest BCUT2D eigenvalue weighted by molar-refractivity contribution is 5.90. The summed E-state index contributed by atoms with van der Waals surface area (Å²) in [4.78, 5) is 73.2. The van der Waals surface area contributed by atoms with E-state index in [-0.39, 0.29) is 11.1 Å². The fourth-order valence-corrected chi connectivity index (χ4v) is 4.26. The molecule has 0 saturated carbocycles. The van der Waals surface area contributed by atoms with Gasteiger partial charge in [0.15, 0.2) is 30.7 Å². The van der Waals surface area contributed by atoms with Gasteiger partial charge in [-0.15, -0.1) is 0 Å². The Morgan fingerprint density at radius 1 is 0.622 bits per heavy atom.